The lowest BCUT2D eigenvalue weighted by atomic mass is 9.83. The first kappa shape index (κ1) is 15.4. The van der Waals surface area contributed by atoms with E-state index < -0.39 is 0 Å². The first-order chi connectivity index (χ1) is 9.63. The van der Waals surface area contributed by atoms with E-state index in [-0.39, 0.29) is 0 Å². The van der Waals surface area contributed by atoms with Crippen molar-refractivity contribution >= 4 is 17.1 Å². The Hall–Kier alpha value is -0.950. The molecule has 1 atom stereocenters. The van der Waals surface area contributed by atoms with E-state index in [1.165, 1.54) is 36.8 Å². The first-order valence-electron chi connectivity index (χ1n) is 7.93. The molecule has 0 radical (unpaired) electrons. The van der Waals surface area contributed by atoms with Crippen molar-refractivity contribution in [3.05, 3.63) is 46.6 Å². The third-order valence-corrected chi connectivity index (χ3v) is 4.84. The van der Waals surface area contributed by atoms with Crippen molar-refractivity contribution in [1.29, 1.82) is 0 Å². The highest BCUT2D eigenvalue weighted by atomic mass is 32.1. The molecular weight excluding hydrogens is 260 g/mol. The van der Waals surface area contributed by atoms with E-state index in [1.54, 1.807) is 11.1 Å². The summed E-state index contributed by atoms with van der Waals surface area (Å²) in [5, 5.41) is 0. The lowest BCUT2D eigenvalue weighted by molar-refractivity contribution is 0.572. The molecule has 0 fully saturated rings. The summed E-state index contributed by atoms with van der Waals surface area (Å²) in [5.74, 6) is 0.785. The van der Waals surface area contributed by atoms with Gasteiger partial charge in [-0.25, -0.2) is 0 Å². The minimum Gasteiger partial charge on any atom is -0.0849 e. The van der Waals surface area contributed by atoms with Gasteiger partial charge < -0.3 is 0 Å². The van der Waals surface area contributed by atoms with E-state index in [2.05, 4.69) is 38.2 Å². The Labute approximate surface area is 129 Å². The highest BCUT2D eigenvalue weighted by molar-refractivity contribution is 7.80. The van der Waals surface area contributed by atoms with Crippen LogP contribution in [-0.2, 0) is 0 Å². The fourth-order valence-electron chi connectivity index (χ4n) is 3.19. The summed E-state index contributed by atoms with van der Waals surface area (Å²) < 4.78 is 0. The van der Waals surface area contributed by atoms with E-state index in [0.717, 1.165) is 23.6 Å². The Morgan fingerprint density at radius 3 is 2.60 bits per heavy atom. The zero-order valence-corrected chi connectivity index (χ0v) is 13.9. The summed E-state index contributed by atoms with van der Waals surface area (Å²) in [6.07, 6.45) is 16.6. The molecule has 0 aromatic carbocycles. The normalized spacial score (nSPS) is 22.6. The Balaban J connectivity index is 2.03. The predicted molar refractivity (Wildman–Crippen MR) is 93.1 cm³/mol. The SMILES string of the molecule is CCC1=CC(CC2=CC=C(C(C)=S)CC2)=CCC1CC. The topological polar surface area (TPSA) is 0 Å². The van der Waals surface area contributed by atoms with Crippen LogP contribution in [-0.4, -0.2) is 4.86 Å². The first-order valence-corrected chi connectivity index (χ1v) is 8.33. The Morgan fingerprint density at radius 1 is 1.25 bits per heavy atom. The Kier molecular flexibility index (Phi) is 5.54. The molecule has 2 aliphatic carbocycles. The van der Waals surface area contributed by atoms with Crippen molar-refractivity contribution in [3.8, 4) is 0 Å². The van der Waals surface area contributed by atoms with Crippen molar-refractivity contribution in [3.63, 3.8) is 0 Å². The van der Waals surface area contributed by atoms with E-state index in [1.807, 2.05) is 6.92 Å². The van der Waals surface area contributed by atoms with Crippen LogP contribution in [0.15, 0.2) is 46.6 Å². The summed E-state index contributed by atoms with van der Waals surface area (Å²) in [4.78, 5) is 1.05. The molecule has 2 rings (SSSR count). The summed E-state index contributed by atoms with van der Waals surface area (Å²) in [7, 11) is 0. The van der Waals surface area contributed by atoms with Crippen LogP contribution >= 0.6 is 12.2 Å². The monoisotopic (exact) mass is 286 g/mol. The minimum atomic E-state index is 0.785. The van der Waals surface area contributed by atoms with E-state index in [4.69, 9.17) is 12.2 Å². The molecule has 0 spiro atoms. The molecule has 2 aliphatic rings. The Morgan fingerprint density at radius 2 is 2.05 bits per heavy atom. The number of hydrogen-bond acceptors (Lipinski definition) is 1. The molecule has 108 valence electrons. The number of allylic oxidation sites excluding steroid dienone is 8. The van der Waals surface area contributed by atoms with Gasteiger partial charge in [0.1, 0.15) is 0 Å². The van der Waals surface area contributed by atoms with Crippen molar-refractivity contribution < 1.29 is 0 Å². The predicted octanol–water partition coefficient (Wildman–Crippen LogP) is 6.11. The van der Waals surface area contributed by atoms with Gasteiger partial charge in [-0.15, -0.1) is 0 Å². The fraction of sp³-hybridized carbons (Fsp3) is 0.526. The van der Waals surface area contributed by atoms with Crippen molar-refractivity contribution in [2.75, 3.05) is 0 Å². The molecule has 0 bridgehead atoms. The number of thiocarbonyl (C=S) groups is 1. The van der Waals surface area contributed by atoms with E-state index in [0.29, 0.717) is 0 Å². The van der Waals surface area contributed by atoms with Gasteiger partial charge >= 0.3 is 0 Å². The largest absolute Gasteiger partial charge is 0.0849 e. The van der Waals surface area contributed by atoms with E-state index in [9.17, 15) is 0 Å². The van der Waals surface area contributed by atoms with Crippen LogP contribution in [0, 0.1) is 5.92 Å². The molecule has 0 nitrogen and oxygen atoms in total. The third-order valence-electron chi connectivity index (χ3n) is 4.58. The quantitative estimate of drug-likeness (QED) is 0.550. The maximum Gasteiger partial charge on any atom is 0.0153 e. The van der Waals surface area contributed by atoms with Gasteiger partial charge in [0.25, 0.3) is 0 Å². The van der Waals surface area contributed by atoms with Gasteiger partial charge in [-0.3, -0.25) is 0 Å². The summed E-state index contributed by atoms with van der Waals surface area (Å²) in [5.41, 5.74) is 6.07. The maximum atomic E-state index is 5.25. The van der Waals surface area contributed by atoms with Crippen molar-refractivity contribution in [2.45, 2.75) is 59.3 Å². The van der Waals surface area contributed by atoms with Crippen LogP contribution in [0.4, 0.5) is 0 Å². The maximum absolute atomic E-state index is 5.25. The number of rotatable bonds is 5. The van der Waals surface area contributed by atoms with Gasteiger partial charge in [-0.05, 0) is 62.5 Å². The van der Waals surface area contributed by atoms with Crippen molar-refractivity contribution in [1.82, 2.24) is 0 Å². The Bertz CT molecular complexity index is 500. The fourth-order valence-corrected chi connectivity index (χ4v) is 3.36. The van der Waals surface area contributed by atoms with Gasteiger partial charge in [0.05, 0.1) is 0 Å². The second-order valence-electron chi connectivity index (χ2n) is 5.94. The molecular formula is C19H26S. The lowest BCUT2D eigenvalue weighted by Crippen LogP contribution is -2.07. The highest BCUT2D eigenvalue weighted by Crippen LogP contribution is 2.32. The molecule has 0 saturated carbocycles. The van der Waals surface area contributed by atoms with E-state index >= 15 is 0 Å². The van der Waals surface area contributed by atoms with Gasteiger partial charge in [-0.2, -0.15) is 0 Å². The van der Waals surface area contributed by atoms with Crippen LogP contribution < -0.4 is 0 Å². The zero-order valence-electron chi connectivity index (χ0n) is 13.0. The molecule has 0 aromatic heterocycles. The summed E-state index contributed by atoms with van der Waals surface area (Å²) in [6, 6.07) is 0. The average molecular weight is 286 g/mol. The average Bonchev–Trinajstić information content (AvgIpc) is 2.47. The highest BCUT2D eigenvalue weighted by Gasteiger charge is 2.16. The van der Waals surface area contributed by atoms with Gasteiger partial charge in [-0.1, -0.05) is 61.5 Å². The van der Waals surface area contributed by atoms with Crippen molar-refractivity contribution in [2.24, 2.45) is 5.92 Å². The number of hydrogen-bond donors (Lipinski definition) is 0. The standard InChI is InChI=1S/C19H26S/c1-4-17-9-8-16(13-18(17)5-2)12-15-6-10-19(11-7-15)14(3)20/h6,8,10,13,17H,4-5,7,9,11-12H2,1-3H3. The minimum absolute atomic E-state index is 0.785. The molecule has 0 N–H and O–H groups in total. The molecule has 0 amide bonds. The zero-order chi connectivity index (χ0) is 14.5. The van der Waals surface area contributed by atoms with Gasteiger partial charge in [0, 0.05) is 4.86 Å². The third kappa shape index (κ3) is 3.79. The second-order valence-corrected chi connectivity index (χ2v) is 6.55. The van der Waals surface area contributed by atoms with Crippen LogP contribution in [0.25, 0.3) is 0 Å². The van der Waals surface area contributed by atoms with Crippen LogP contribution in [0.5, 0.6) is 0 Å². The molecule has 0 aromatic rings. The van der Waals surface area contributed by atoms with Gasteiger partial charge in [0.15, 0.2) is 0 Å². The molecule has 0 aliphatic heterocycles. The summed E-state index contributed by atoms with van der Waals surface area (Å²) >= 11 is 5.25. The lowest BCUT2D eigenvalue weighted by Gasteiger charge is -2.23. The van der Waals surface area contributed by atoms with Gasteiger partial charge in [0.2, 0.25) is 0 Å². The molecule has 1 unspecified atom stereocenters. The molecule has 1 heteroatoms. The second kappa shape index (κ2) is 7.17. The summed E-state index contributed by atoms with van der Waals surface area (Å²) in [6.45, 7) is 6.62. The smallest absolute Gasteiger partial charge is 0.0153 e. The molecule has 0 heterocycles. The van der Waals surface area contributed by atoms with Crippen LogP contribution in [0.3, 0.4) is 0 Å². The van der Waals surface area contributed by atoms with Crippen LogP contribution in [0.1, 0.15) is 59.3 Å². The molecule has 0 saturated heterocycles. The molecule has 20 heavy (non-hydrogen) atoms. The van der Waals surface area contributed by atoms with Crippen LogP contribution in [0.2, 0.25) is 0 Å².